The van der Waals surface area contributed by atoms with Crippen molar-refractivity contribution in [2.24, 2.45) is 0 Å². The van der Waals surface area contributed by atoms with E-state index in [1.165, 1.54) is 0 Å². The van der Waals surface area contributed by atoms with E-state index in [4.69, 9.17) is 4.74 Å². The monoisotopic (exact) mass is 420 g/mol. The lowest BCUT2D eigenvalue weighted by Crippen LogP contribution is -2.06. The molecular weight excluding hydrogens is 400 g/mol. The molecule has 4 aromatic heterocycles. The molecule has 0 aliphatic carbocycles. The highest BCUT2D eigenvalue weighted by Crippen LogP contribution is 2.34. The summed E-state index contributed by atoms with van der Waals surface area (Å²) in [7, 11) is 1.65. The first-order valence-electron chi connectivity index (χ1n) is 10.6. The zero-order valence-electron chi connectivity index (χ0n) is 17.5. The smallest absolute Gasteiger partial charge is 0.183 e. The molecule has 0 bridgehead atoms. The number of benzene rings is 2. The third-order valence-corrected chi connectivity index (χ3v) is 6.08. The molecule has 0 atom stereocenters. The van der Waals surface area contributed by atoms with Crippen LogP contribution >= 0.6 is 0 Å². The summed E-state index contributed by atoms with van der Waals surface area (Å²) in [6.45, 7) is 0. The Balaban J connectivity index is 1.38. The van der Waals surface area contributed by atoms with Gasteiger partial charge in [0.2, 0.25) is 0 Å². The molecule has 32 heavy (non-hydrogen) atoms. The maximum Gasteiger partial charge on any atom is 0.183 e. The topological polar surface area (TPSA) is 83.7 Å². The molecular formula is C26H20N4O2. The van der Waals surface area contributed by atoms with Crippen LogP contribution in [0.2, 0.25) is 0 Å². The van der Waals surface area contributed by atoms with Crippen molar-refractivity contribution < 1.29 is 9.53 Å². The standard InChI is InChI=1S/C26H20N4O2/c1-32-22-14-28-20(25-23(22)17-7-3-5-9-19(17)30-25)10-11-21(31)26-24-16(12-13-27-26)15-6-2-4-8-18(15)29-24/h2-9,12-14,29-30H,10-11H2,1H3. The molecule has 6 heteroatoms. The van der Waals surface area contributed by atoms with E-state index in [9.17, 15) is 4.79 Å². The second kappa shape index (κ2) is 7.20. The number of pyridine rings is 2. The highest BCUT2D eigenvalue weighted by atomic mass is 16.5. The Bertz CT molecular complexity index is 1640. The van der Waals surface area contributed by atoms with Crippen LogP contribution in [0.5, 0.6) is 5.75 Å². The number of nitrogens with one attached hydrogen (secondary N) is 2. The first-order chi connectivity index (χ1) is 15.7. The summed E-state index contributed by atoms with van der Waals surface area (Å²) in [5.74, 6) is 0.709. The van der Waals surface area contributed by atoms with Crippen molar-refractivity contribution in [2.75, 3.05) is 7.11 Å². The molecule has 6 nitrogen and oxygen atoms in total. The zero-order chi connectivity index (χ0) is 21.7. The van der Waals surface area contributed by atoms with E-state index in [-0.39, 0.29) is 5.78 Å². The van der Waals surface area contributed by atoms with Crippen LogP contribution in [0, 0.1) is 0 Å². The Morgan fingerprint density at radius 2 is 1.59 bits per heavy atom. The van der Waals surface area contributed by atoms with E-state index < -0.39 is 0 Å². The number of ketones is 1. The summed E-state index contributed by atoms with van der Waals surface area (Å²) >= 11 is 0. The number of hydrogen-bond donors (Lipinski definition) is 2. The van der Waals surface area contributed by atoms with Gasteiger partial charge in [0, 0.05) is 39.8 Å². The fourth-order valence-electron chi connectivity index (χ4n) is 4.56. The number of methoxy groups -OCH3 is 1. The van der Waals surface area contributed by atoms with Crippen molar-refractivity contribution in [1.29, 1.82) is 0 Å². The molecule has 0 saturated carbocycles. The molecule has 6 rings (SSSR count). The molecule has 0 amide bonds. The number of aromatic amines is 2. The maximum atomic E-state index is 13.2. The number of fused-ring (bicyclic) bond motifs is 6. The third-order valence-electron chi connectivity index (χ3n) is 6.08. The highest BCUT2D eigenvalue weighted by molar-refractivity contribution is 6.14. The van der Waals surface area contributed by atoms with Crippen LogP contribution in [0.3, 0.4) is 0 Å². The number of para-hydroxylation sites is 2. The van der Waals surface area contributed by atoms with Gasteiger partial charge < -0.3 is 14.7 Å². The van der Waals surface area contributed by atoms with Crippen molar-refractivity contribution in [2.45, 2.75) is 12.8 Å². The summed E-state index contributed by atoms with van der Waals surface area (Å²) in [6, 6.07) is 18.1. The second-order valence-corrected chi connectivity index (χ2v) is 7.87. The van der Waals surface area contributed by atoms with E-state index in [1.54, 1.807) is 19.5 Å². The van der Waals surface area contributed by atoms with Crippen LogP contribution in [0.4, 0.5) is 0 Å². The lowest BCUT2D eigenvalue weighted by atomic mass is 10.1. The van der Waals surface area contributed by atoms with Gasteiger partial charge in [-0.1, -0.05) is 36.4 Å². The van der Waals surface area contributed by atoms with E-state index in [1.807, 2.05) is 42.5 Å². The van der Waals surface area contributed by atoms with Crippen molar-refractivity contribution in [3.05, 3.63) is 78.4 Å². The van der Waals surface area contributed by atoms with Gasteiger partial charge in [-0.25, -0.2) is 0 Å². The number of carbonyl (C=O) groups excluding carboxylic acids is 1. The van der Waals surface area contributed by atoms with Crippen molar-refractivity contribution in [3.63, 3.8) is 0 Å². The van der Waals surface area contributed by atoms with E-state index in [2.05, 4.69) is 32.1 Å². The van der Waals surface area contributed by atoms with Crippen LogP contribution < -0.4 is 4.74 Å². The molecule has 0 fully saturated rings. The minimum Gasteiger partial charge on any atom is -0.494 e. The predicted molar refractivity (Wildman–Crippen MR) is 126 cm³/mol. The van der Waals surface area contributed by atoms with Gasteiger partial charge in [-0.15, -0.1) is 0 Å². The second-order valence-electron chi connectivity index (χ2n) is 7.87. The highest BCUT2D eigenvalue weighted by Gasteiger charge is 2.18. The minimum atomic E-state index is -0.0102. The first kappa shape index (κ1) is 18.6. The molecule has 2 aromatic carbocycles. The number of hydrogen-bond acceptors (Lipinski definition) is 4. The fourth-order valence-corrected chi connectivity index (χ4v) is 4.56. The third kappa shape index (κ3) is 2.76. The lowest BCUT2D eigenvalue weighted by molar-refractivity contribution is 0.0979. The normalized spacial score (nSPS) is 11.7. The zero-order valence-corrected chi connectivity index (χ0v) is 17.5. The molecule has 156 valence electrons. The van der Waals surface area contributed by atoms with Crippen molar-refractivity contribution in [3.8, 4) is 5.75 Å². The molecule has 4 heterocycles. The number of carbonyl (C=O) groups is 1. The van der Waals surface area contributed by atoms with Gasteiger partial charge in [-0.2, -0.15) is 0 Å². The van der Waals surface area contributed by atoms with Gasteiger partial charge >= 0.3 is 0 Å². The average molecular weight is 420 g/mol. The van der Waals surface area contributed by atoms with Gasteiger partial charge in [0.05, 0.1) is 35.4 Å². The Morgan fingerprint density at radius 1 is 0.875 bits per heavy atom. The number of aromatic nitrogens is 4. The average Bonchev–Trinajstić information content (AvgIpc) is 3.41. The number of H-pyrrole nitrogens is 2. The quantitative estimate of drug-likeness (QED) is 0.357. The van der Waals surface area contributed by atoms with Crippen LogP contribution in [-0.2, 0) is 6.42 Å². The van der Waals surface area contributed by atoms with Gasteiger partial charge in [-0.05, 0) is 24.6 Å². The van der Waals surface area contributed by atoms with Gasteiger partial charge in [-0.3, -0.25) is 14.8 Å². The van der Waals surface area contributed by atoms with Gasteiger partial charge in [0.25, 0.3) is 0 Å². The molecule has 2 N–H and O–H groups in total. The fraction of sp³-hybridized carbons (Fsp3) is 0.115. The Morgan fingerprint density at radius 3 is 2.41 bits per heavy atom. The summed E-state index contributed by atoms with van der Waals surface area (Å²) in [4.78, 5) is 29.0. The SMILES string of the molecule is COc1cnc(CCC(=O)c2nccc3c2[nH]c2ccccc23)c2[nH]c3ccccc3c12. The first-order valence-corrected chi connectivity index (χ1v) is 10.6. The number of aryl methyl sites for hydroxylation is 1. The predicted octanol–water partition coefficient (Wildman–Crippen LogP) is 5.57. The lowest BCUT2D eigenvalue weighted by Gasteiger charge is -2.07. The Hall–Kier alpha value is -4.19. The molecule has 0 aliphatic rings. The molecule has 0 radical (unpaired) electrons. The van der Waals surface area contributed by atoms with E-state index >= 15 is 0 Å². The number of rotatable bonds is 5. The minimum absolute atomic E-state index is 0.0102. The summed E-state index contributed by atoms with van der Waals surface area (Å²) < 4.78 is 5.56. The summed E-state index contributed by atoms with van der Waals surface area (Å²) in [5.41, 5.74) is 5.04. The van der Waals surface area contributed by atoms with E-state index in [0.29, 0.717) is 18.5 Å². The molecule has 6 aromatic rings. The number of ether oxygens (including phenoxy) is 1. The maximum absolute atomic E-state index is 13.2. The van der Waals surface area contributed by atoms with Crippen LogP contribution in [0.1, 0.15) is 22.6 Å². The summed E-state index contributed by atoms with van der Waals surface area (Å²) in [5, 5.41) is 4.19. The van der Waals surface area contributed by atoms with Crippen LogP contribution in [-0.4, -0.2) is 32.8 Å². The van der Waals surface area contributed by atoms with Gasteiger partial charge in [0.1, 0.15) is 11.4 Å². The number of Topliss-reactive ketones (excluding diaryl/α,β-unsaturated/α-hetero) is 1. The van der Waals surface area contributed by atoms with Gasteiger partial charge in [0.15, 0.2) is 5.78 Å². The molecule has 0 saturated heterocycles. The largest absolute Gasteiger partial charge is 0.494 e. The number of nitrogens with zero attached hydrogens (tertiary/aromatic N) is 2. The van der Waals surface area contributed by atoms with Crippen LogP contribution in [0.25, 0.3) is 43.6 Å². The van der Waals surface area contributed by atoms with E-state index in [0.717, 1.165) is 55.1 Å². The van der Waals surface area contributed by atoms with Crippen molar-refractivity contribution in [1.82, 2.24) is 19.9 Å². The van der Waals surface area contributed by atoms with Crippen molar-refractivity contribution >= 4 is 49.4 Å². The van der Waals surface area contributed by atoms with Crippen LogP contribution in [0.15, 0.2) is 67.0 Å². The Labute approximate surface area is 183 Å². The molecule has 0 aliphatic heterocycles. The molecule has 0 unspecified atom stereocenters. The summed E-state index contributed by atoms with van der Waals surface area (Å²) in [6.07, 6.45) is 4.26. The Kier molecular flexibility index (Phi) is 4.18. The molecule has 0 spiro atoms.